The lowest BCUT2D eigenvalue weighted by Crippen LogP contribution is -2.30. The van der Waals surface area contributed by atoms with Gasteiger partial charge in [0.05, 0.1) is 5.56 Å². The van der Waals surface area contributed by atoms with Crippen molar-refractivity contribution >= 4 is 11.9 Å². The Morgan fingerprint density at radius 3 is 2.83 bits per heavy atom. The molecular weight excluding hydrogens is 234 g/mol. The van der Waals surface area contributed by atoms with Gasteiger partial charge in [0, 0.05) is 6.54 Å². The minimum atomic E-state index is -1.02. The summed E-state index contributed by atoms with van der Waals surface area (Å²) in [6.45, 7) is 0.618. The zero-order chi connectivity index (χ0) is 13.0. The SMILES string of the molecule is O=C(COc1cccc(C(=O)O)c1)NCC1CC1. The highest BCUT2D eigenvalue weighted by Gasteiger charge is 2.21. The molecule has 5 nitrogen and oxygen atoms in total. The molecule has 0 aliphatic heterocycles. The van der Waals surface area contributed by atoms with Crippen LogP contribution in [0.5, 0.6) is 5.75 Å². The van der Waals surface area contributed by atoms with Gasteiger partial charge in [0.2, 0.25) is 0 Å². The zero-order valence-corrected chi connectivity index (χ0v) is 9.89. The van der Waals surface area contributed by atoms with Gasteiger partial charge in [-0.3, -0.25) is 4.79 Å². The van der Waals surface area contributed by atoms with Gasteiger partial charge in [-0.15, -0.1) is 0 Å². The van der Waals surface area contributed by atoms with Gasteiger partial charge in [-0.2, -0.15) is 0 Å². The molecule has 1 saturated carbocycles. The van der Waals surface area contributed by atoms with Gasteiger partial charge in [-0.05, 0) is 37.0 Å². The van der Waals surface area contributed by atoms with Crippen LogP contribution in [0.3, 0.4) is 0 Å². The van der Waals surface area contributed by atoms with Crippen LogP contribution in [0, 0.1) is 5.92 Å². The van der Waals surface area contributed by atoms with E-state index in [1.54, 1.807) is 12.1 Å². The third-order valence-corrected chi connectivity index (χ3v) is 2.74. The maximum Gasteiger partial charge on any atom is 0.335 e. The van der Waals surface area contributed by atoms with Crippen LogP contribution in [0.2, 0.25) is 0 Å². The number of carbonyl (C=O) groups is 2. The third-order valence-electron chi connectivity index (χ3n) is 2.74. The molecule has 96 valence electrons. The van der Waals surface area contributed by atoms with E-state index in [2.05, 4.69) is 5.32 Å². The Labute approximate surface area is 105 Å². The molecule has 0 spiro atoms. The molecule has 1 fully saturated rings. The molecule has 0 bridgehead atoms. The first-order valence-corrected chi connectivity index (χ1v) is 5.88. The van der Waals surface area contributed by atoms with Gasteiger partial charge in [0.25, 0.3) is 5.91 Å². The second kappa shape index (κ2) is 5.53. The topological polar surface area (TPSA) is 75.6 Å². The summed E-state index contributed by atoms with van der Waals surface area (Å²) in [4.78, 5) is 22.2. The summed E-state index contributed by atoms with van der Waals surface area (Å²) >= 11 is 0. The molecular formula is C13H15NO4. The molecule has 0 heterocycles. The normalized spacial score (nSPS) is 14.0. The second-order valence-corrected chi connectivity index (χ2v) is 4.37. The number of benzene rings is 1. The quantitative estimate of drug-likeness (QED) is 0.796. The summed E-state index contributed by atoms with van der Waals surface area (Å²) in [6.07, 6.45) is 2.36. The number of hydrogen-bond donors (Lipinski definition) is 2. The van der Waals surface area contributed by atoms with Crippen LogP contribution >= 0.6 is 0 Å². The largest absolute Gasteiger partial charge is 0.484 e. The summed E-state index contributed by atoms with van der Waals surface area (Å²) in [5, 5.41) is 11.6. The van der Waals surface area contributed by atoms with Crippen molar-refractivity contribution in [2.75, 3.05) is 13.2 Å². The Hall–Kier alpha value is -2.04. The Bertz CT molecular complexity index is 454. The summed E-state index contributed by atoms with van der Waals surface area (Å²) in [5.74, 6) is -0.179. The van der Waals surface area contributed by atoms with E-state index in [0.29, 0.717) is 18.2 Å². The van der Waals surface area contributed by atoms with Crippen molar-refractivity contribution in [3.05, 3.63) is 29.8 Å². The van der Waals surface area contributed by atoms with Crippen molar-refractivity contribution in [1.82, 2.24) is 5.32 Å². The van der Waals surface area contributed by atoms with Crippen molar-refractivity contribution in [1.29, 1.82) is 0 Å². The molecule has 0 atom stereocenters. The molecule has 0 saturated heterocycles. The molecule has 1 amide bonds. The Balaban J connectivity index is 1.79. The van der Waals surface area contributed by atoms with Gasteiger partial charge in [0.15, 0.2) is 6.61 Å². The minimum Gasteiger partial charge on any atom is -0.484 e. The first-order chi connectivity index (χ1) is 8.65. The Morgan fingerprint density at radius 2 is 2.17 bits per heavy atom. The van der Waals surface area contributed by atoms with Crippen LogP contribution in [-0.2, 0) is 4.79 Å². The van der Waals surface area contributed by atoms with E-state index < -0.39 is 5.97 Å². The molecule has 1 aliphatic rings. The maximum absolute atomic E-state index is 11.4. The Kier molecular flexibility index (Phi) is 3.82. The third kappa shape index (κ3) is 3.76. The van der Waals surface area contributed by atoms with E-state index in [-0.39, 0.29) is 18.1 Å². The molecule has 2 N–H and O–H groups in total. The number of carbonyl (C=O) groups excluding carboxylic acids is 1. The van der Waals surface area contributed by atoms with Crippen LogP contribution in [0.4, 0.5) is 0 Å². The summed E-state index contributed by atoms with van der Waals surface area (Å²) < 4.78 is 5.24. The number of nitrogens with one attached hydrogen (secondary N) is 1. The molecule has 1 aromatic rings. The van der Waals surface area contributed by atoms with Crippen molar-refractivity contribution in [3.8, 4) is 5.75 Å². The van der Waals surface area contributed by atoms with Crippen LogP contribution in [0.15, 0.2) is 24.3 Å². The predicted octanol–water partition coefficient (Wildman–Crippen LogP) is 1.29. The average Bonchev–Trinajstić information content (AvgIpc) is 3.18. The molecule has 0 radical (unpaired) electrons. The molecule has 1 aliphatic carbocycles. The Morgan fingerprint density at radius 1 is 1.39 bits per heavy atom. The lowest BCUT2D eigenvalue weighted by molar-refractivity contribution is -0.123. The molecule has 5 heteroatoms. The number of rotatable bonds is 6. The highest BCUT2D eigenvalue weighted by Crippen LogP contribution is 2.27. The summed E-state index contributed by atoms with van der Waals surface area (Å²) in [7, 11) is 0. The monoisotopic (exact) mass is 249 g/mol. The van der Waals surface area contributed by atoms with Crippen LogP contribution in [0.25, 0.3) is 0 Å². The van der Waals surface area contributed by atoms with E-state index in [0.717, 1.165) is 0 Å². The second-order valence-electron chi connectivity index (χ2n) is 4.37. The molecule has 0 aromatic heterocycles. The smallest absolute Gasteiger partial charge is 0.335 e. The lowest BCUT2D eigenvalue weighted by atomic mass is 10.2. The first-order valence-electron chi connectivity index (χ1n) is 5.88. The highest BCUT2D eigenvalue weighted by molar-refractivity contribution is 5.88. The van der Waals surface area contributed by atoms with Crippen molar-refractivity contribution < 1.29 is 19.4 Å². The van der Waals surface area contributed by atoms with Gasteiger partial charge < -0.3 is 15.2 Å². The summed E-state index contributed by atoms with van der Waals surface area (Å²) in [6, 6.07) is 6.08. The molecule has 18 heavy (non-hydrogen) atoms. The zero-order valence-electron chi connectivity index (χ0n) is 9.89. The van der Waals surface area contributed by atoms with E-state index in [1.807, 2.05) is 0 Å². The van der Waals surface area contributed by atoms with E-state index >= 15 is 0 Å². The maximum atomic E-state index is 11.4. The van der Waals surface area contributed by atoms with Crippen molar-refractivity contribution in [3.63, 3.8) is 0 Å². The van der Waals surface area contributed by atoms with Gasteiger partial charge in [-0.1, -0.05) is 6.07 Å². The number of aromatic carboxylic acids is 1. The molecule has 2 rings (SSSR count). The van der Waals surface area contributed by atoms with Gasteiger partial charge in [0.1, 0.15) is 5.75 Å². The standard InChI is InChI=1S/C13H15NO4/c15-12(14-7-9-4-5-9)8-18-11-3-1-2-10(6-11)13(16)17/h1-3,6,9H,4-5,7-8H2,(H,14,15)(H,16,17). The number of carboxylic acids is 1. The number of hydrogen-bond acceptors (Lipinski definition) is 3. The fraction of sp³-hybridized carbons (Fsp3) is 0.385. The van der Waals surface area contributed by atoms with E-state index in [4.69, 9.17) is 9.84 Å². The predicted molar refractivity (Wildman–Crippen MR) is 64.6 cm³/mol. The number of carboxylic acid groups (broad SMARTS) is 1. The minimum absolute atomic E-state index is 0.0875. The van der Waals surface area contributed by atoms with Crippen LogP contribution < -0.4 is 10.1 Å². The van der Waals surface area contributed by atoms with Crippen LogP contribution in [0.1, 0.15) is 23.2 Å². The number of ether oxygens (including phenoxy) is 1. The average molecular weight is 249 g/mol. The van der Waals surface area contributed by atoms with Crippen molar-refractivity contribution in [2.24, 2.45) is 5.92 Å². The van der Waals surface area contributed by atoms with Gasteiger partial charge >= 0.3 is 5.97 Å². The summed E-state index contributed by atoms with van der Waals surface area (Å²) in [5.41, 5.74) is 0.144. The van der Waals surface area contributed by atoms with E-state index in [9.17, 15) is 9.59 Å². The van der Waals surface area contributed by atoms with Crippen LogP contribution in [-0.4, -0.2) is 30.1 Å². The van der Waals surface area contributed by atoms with Gasteiger partial charge in [-0.25, -0.2) is 4.79 Å². The number of amides is 1. The van der Waals surface area contributed by atoms with Crippen molar-refractivity contribution in [2.45, 2.75) is 12.8 Å². The fourth-order valence-corrected chi connectivity index (χ4v) is 1.50. The highest BCUT2D eigenvalue weighted by atomic mass is 16.5. The molecule has 1 aromatic carbocycles. The van der Waals surface area contributed by atoms with E-state index in [1.165, 1.54) is 25.0 Å². The lowest BCUT2D eigenvalue weighted by Gasteiger charge is -2.07. The molecule has 0 unspecified atom stereocenters. The first kappa shape index (κ1) is 12.4. The fourth-order valence-electron chi connectivity index (χ4n) is 1.50.